The van der Waals surface area contributed by atoms with E-state index in [1.807, 2.05) is 6.08 Å². The van der Waals surface area contributed by atoms with Crippen molar-refractivity contribution >= 4 is 33.4 Å². The molecule has 0 amide bonds. The van der Waals surface area contributed by atoms with Gasteiger partial charge in [-0.1, -0.05) is 6.08 Å². The van der Waals surface area contributed by atoms with Crippen molar-refractivity contribution in [3.8, 4) is 11.8 Å². The SMILES string of the molecule is CNc1cc(F)cc2c1[nH]c1nc(Oc3cnc(C)nc3)nc(N3CC(=CCN)C3)c12. The smallest absolute Gasteiger partial charge is 0.326 e. The highest BCUT2D eigenvalue weighted by Crippen LogP contribution is 2.38. The largest absolute Gasteiger partial charge is 0.421 e. The fourth-order valence-electron chi connectivity index (χ4n) is 3.72. The van der Waals surface area contributed by atoms with Crippen LogP contribution in [0.5, 0.6) is 11.8 Å². The first-order chi connectivity index (χ1) is 15.1. The number of H-pyrrole nitrogens is 1. The highest BCUT2D eigenvalue weighted by Gasteiger charge is 2.27. The Hall–Kier alpha value is -3.79. The molecule has 1 fully saturated rings. The molecule has 3 aromatic heterocycles. The van der Waals surface area contributed by atoms with E-state index in [1.54, 1.807) is 26.4 Å². The minimum atomic E-state index is -0.340. The summed E-state index contributed by atoms with van der Waals surface area (Å²) in [4.78, 5) is 22.8. The summed E-state index contributed by atoms with van der Waals surface area (Å²) in [6, 6.07) is 3.09. The van der Waals surface area contributed by atoms with Crippen LogP contribution in [0.2, 0.25) is 0 Å². The molecule has 5 rings (SSSR count). The van der Waals surface area contributed by atoms with Gasteiger partial charge in [-0.05, 0) is 24.6 Å². The molecule has 1 aliphatic heterocycles. The number of ether oxygens (including phenoxy) is 1. The van der Waals surface area contributed by atoms with Crippen LogP contribution in [0, 0.1) is 12.7 Å². The summed E-state index contributed by atoms with van der Waals surface area (Å²) in [5.74, 6) is 1.40. The lowest BCUT2D eigenvalue weighted by Gasteiger charge is -2.35. The van der Waals surface area contributed by atoms with E-state index in [9.17, 15) is 4.39 Å². The molecule has 0 saturated carbocycles. The molecular weight excluding hydrogens is 399 g/mol. The van der Waals surface area contributed by atoms with Crippen molar-refractivity contribution in [3.05, 3.63) is 47.8 Å². The molecule has 0 radical (unpaired) electrons. The maximum absolute atomic E-state index is 14.3. The van der Waals surface area contributed by atoms with Gasteiger partial charge in [-0.25, -0.2) is 14.4 Å². The van der Waals surface area contributed by atoms with Gasteiger partial charge in [-0.15, -0.1) is 0 Å². The van der Waals surface area contributed by atoms with Crippen molar-refractivity contribution in [2.45, 2.75) is 6.92 Å². The van der Waals surface area contributed by atoms with Crippen LogP contribution in [0.4, 0.5) is 15.9 Å². The van der Waals surface area contributed by atoms with E-state index in [0.29, 0.717) is 53.7 Å². The van der Waals surface area contributed by atoms with Gasteiger partial charge in [0.15, 0.2) is 5.75 Å². The lowest BCUT2D eigenvalue weighted by Crippen LogP contribution is -2.41. The van der Waals surface area contributed by atoms with Gasteiger partial charge >= 0.3 is 6.01 Å². The monoisotopic (exact) mass is 420 g/mol. The Bertz CT molecular complexity index is 1310. The number of benzene rings is 1. The molecule has 4 aromatic rings. The van der Waals surface area contributed by atoms with Gasteiger partial charge in [0.1, 0.15) is 23.1 Å². The second-order valence-electron chi connectivity index (χ2n) is 7.33. The van der Waals surface area contributed by atoms with Gasteiger partial charge in [0.25, 0.3) is 0 Å². The average Bonchev–Trinajstić information content (AvgIpc) is 3.09. The summed E-state index contributed by atoms with van der Waals surface area (Å²) >= 11 is 0. The number of nitrogens with one attached hydrogen (secondary N) is 2. The molecule has 0 aliphatic carbocycles. The van der Waals surface area contributed by atoms with Gasteiger partial charge in [0.05, 0.1) is 29.0 Å². The number of aryl methyl sites for hydroxylation is 1. The average molecular weight is 420 g/mol. The third kappa shape index (κ3) is 3.40. The number of hydrogen-bond donors (Lipinski definition) is 3. The topological polar surface area (TPSA) is 118 Å². The predicted octanol–water partition coefficient (Wildman–Crippen LogP) is 2.89. The van der Waals surface area contributed by atoms with Crippen molar-refractivity contribution in [3.63, 3.8) is 0 Å². The molecule has 1 saturated heterocycles. The Kier molecular flexibility index (Phi) is 4.63. The second kappa shape index (κ2) is 7.47. The number of hydrogen-bond acceptors (Lipinski definition) is 8. The van der Waals surface area contributed by atoms with E-state index in [2.05, 4.69) is 35.1 Å². The number of nitrogens with zero attached hydrogens (tertiary/aromatic N) is 5. The fraction of sp³-hybridized carbons (Fsp3) is 0.238. The van der Waals surface area contributed by atoms with Crippen molar-refractivity contribution < 1.29 is 9.13 Å². The Morgan fingerprint density at radius 1 is 1.26 bits per heavy atom. The third-order valence-electron chi connectivity index (χ3n) is 5.21. The van der Waals surface area contributed by atoms with Crippen molar-refractivity contribution in [2.75, 3.05) is 36.9 Å². The minimum absolute atomic E-state index is 0.157. The van der Waals surface area contributed by atoms with Crippen molar-refractivity contribution in [1.82, 2.24) is 24.9 Å². The second-order valence-corrected chi connectivity index (χ2v) is 7.33. The number of anilines is 2. The number of rotatable bonds is 5. The summed E-state index contributed by atoms with van der Waals surface area (Å²) in [7, 11) is 1.75. The van der Waals surface area contributed by atoms with E-state index >= 15 is 0 Å². The van der Waals surface area contributed by atoms with Gasteiger partial charge in [0, 0.05) is 32.1 Å². The lowest BCUT2D eigenvalue weighted by atomic mass is 10.1. The normalized spacial score (nSPS) is 13.5. The Morgan fingerprint density at radius 2 is 2.03 bits per heavy atom. The van der Waals surface area contributed by atoms with Gasteiger partial charge in [0.2, 0.25) is 0 Å². The van der Waals surface area contributed by atoms with E-state index in [1.165, 1.54) is 17.7 Å². The van der Waals surface area contributed by atoms with Gasteiger partial charge in [-0.2, -0.15) is 9.97 Å². The maximum atomic E-state index is 14.3. The molecule has 158 valence electrons. The molecule has 10 heteroatoms. The maximum Gasteiger partial charge on any atom is 0.326 e. The third-order valence-corrected chi connectivity index (χ3v) is 5.21. The number of fused-ring (bicyclic) bond motifs is 3. The van der Waals surface area contributed by atoms with Crippen LogP contribution in [0.15, 0.2) is 36.2 Å². The lowest BCUT2D eigenvalue weighted by molar-refractivity contribution is 0.438. The Balaban J connectivity index is 1.67. The molecule has 4 heterocycles. The molecule has 0 unspecified atom stereocenters. The molecule has 31 heavy (non-hydrogen) atoms. The van der Waals surface area contributed by atoms with Crippen LogP contribution < -0.4 is 20.7 Å². The van der Waals surface area contributed by atoms with Crippen LogP contribution >= 0.6 is 0 Å². The zero-order chi connectivity index (χ0) is 21.5. The number of aromatic nitrogens is 5. The summed E-state index contributed by atoms with van der Waals surface area (Å²) in [5, 5.41) is 4.47. The standard InChI is InChI=1S/C21H21FN8O/c1-11-25-7-14(8-26-11)31-21-28-19-17(20(29-21)30-9-12(10-30)3-4-23)15-5-13(22)6-16(24-2)18(15)27-19/h3,5-8,24H,4,9-10,23H2,1-2H3,(H,27,28,29). The molecule has 9 nitrogen and oxygen atoms in total. The Morgan fingerprint density at radius 3 is 2.74 bits per heavy atom. The van der Waals surface area contributed by atoms with Crippen LogP contribution in [-0.2, 0) is 0 Å². The highest BCUT2D eigenvalue weighted by atomic mass is 19.1. The highest BCUT2D eigenvalue weighted by molar-refractivity contribution is 6.14. The first-order valence-corrected chi connectivity index (χ1v) is 9.86. The number of nitrogens with two attached hydrogens (primary N) is 1. The fourth-order valence-corrected chi connectivity index (χ4v) is 3.72. The van der Waals surface area contributed by atoms with Crippen LogP contribution in [0.25, 0.3) is 21.9 Å². The van der Waals surface area contributed by atoms with E-state index < -0.39 is 0 Å². The van der Waals surface area contributed by atoms with Gasteiger partial charge in [-0.3, -0.25) is 0 Å². The molecular formula is C21H21FN8O. The first-order valence-electron chi connectivity index (χ1n) is 9.86. The minimum Gasteiger partial charge on any atom is -0.421 e. The van der Waals surface area contributed by atoms with Crippen LogP contribution in [0.3, 0.4) is 0 Å². The molecule has 0 atom stereocenters. The summed E-state index contributed by atoms with van der Waals surface area (Å²) in [5.41, 5.74) is 8.81. The molecule has 1 aromatic carbocycles. The summed E-state index contributed by atoms with van der Waals surface area (Å²) in [6.45, 7) is 3.67. The Labute approximate surface area is 177 Å². The van der Waals surface area contributed by atoms with E-state index in [0.717, 1.165) is 10.9 Å². The zero-order valence-corrected chi connectivity index (χ0v) is 17.1. The summed E-state index contributed by atoms with van der Waals surface area (Å²) in [6.07, 6.45) is 5.14. The quantitative estimate of drug-likeness (QED) is 0.422. The van der Waals surface area contributed by atoms with E-state index in [4.69, 9.17) is 10.5 Å². The predicted molar refractivity (Wildman–Crippen MR) is 117 cm³/mol. The molecule has 0 bridgehead atoms. The van der Waals surface area contributed by atoms with E-state index in [-0.39, 0.29) is 11.8 Å². The van der Waals surface area contributed by atoms with Crippen molar-refractivity contribution in [2.24, 2.45) is 5.73 Å². The van der Waals surface area contributed by atoms with Crippen LogP contribution in [0.1, 0.15) is 5.82 Å². The number of halogens is 1. The molecule has 4 N–H and O–H groups in total. The zero-order valence-electron chi connectivity index (χ0n) is 17.1. The summed E-state index contributed by atoms with van der Waals surface area (Å²) < 4.78 is 20.1. The van der Waals surface area contributed by atoms with Gasteiger partial charge < -0.3 is 25.7 Å². The van der Waals surface area contributed by atoms with Crippen molar-refractivity contribution in [1.29, 1.82) is 0 Å². The molecule has 0 spiro atoms. The number of aromatic amines is 1. The first kappa shape index (κ1) is 19.2. The van der Waals surface area contributed by atoms with Crippen LogP contribution in [-0.4, -0.2) is 51.6 Å². The molecule has 1 aliphatic rings.